The molecule has 186 valence electrons. The molecule has 12 heteroatoms. The minimum Gasteiger partial charge on any atom is -0.325 e. The Morgan fingerprint density at radius 1 is 1.00 bits per heavy atom. The Balaban J connectivity index is 1.94. The van der Waals surface area contributed by atoms with Crippen LogP contribution in [0.15, 0.2) is 65.6 Å². The summed E-state index contributed by atoms with van der Waals surface area (Å²) in [6.45, 7) is 0.213. The Hall–Kier alpha value is -3.02. The monoisotopic (exact) mass is 532 g/mol. The van der Waals surface area contributed by atoms with Crippen LogP contribution in [0.5, 0.6) is 0 Å². The highest BCUT2D eigenvalue weighted by Crippen LogP contribution is 2.33. The number of hydrogen-bond acceptors (Lipinski definition) is 3. The van der Waals surface area contributed by atoms with Crippen LogP contribution in [0, 0.1) is 18.6 Å². The van der Waals surface area contributed by atoms with Crippen molar-refractivity contribution in [1.29, 1.82) is 0 Å². The van der Waals surface area contributed by atoms with E-state index in [-0.39, 0.29) is 15.5 Å². The van der Waals surface area contributed by atoms with E-state index in [1.807, 2.05) is 0 Å². The average molecular weight is 533 g/mol. The summed E-state index contributed by atoms with van der Waals surface area (Å²) in [5.74, 6) is -3.38. The lowest BCUT2D eigenvalue weighted by atomic mass is 10.2. The molecule has 0 aliphatic carbocycles. The van der Waals surface area contributed by atoms with Crippen LogP contribution in [0.4, 0.5) is 27.6 Å². The van der Waals surface area contributed by atoms with Crippen molar-refractivity contribution in [3.05, 3.63) is 94.0 Å². The molecule has 0 unspecified atom stereocenters. The molecule has 0 aliphatic rings. The summed E-state index contributed by atoms with van der Waals surface area (Å²) in [5.41, 5.74) is -1.43. The molecule has 0 saturated carbocycles. The Bertz CT molecular complexity index is 1330. The molecule has 5 nitrogen and oxygen atoms in total. The van der Waals surface area contributed by atoms with Crippen LogP contribution in [0.3, 0.4) is 0 Å². The van der Waals surface area contributed by atoms with Gasteiger partial charge in [-0.1, -0.05) is 35.4 Å². The number of nitrogens with zero attached hydrogens (tertiary/aromatic N) is 1. The number of rotatable bonds is 7. The molecule has 0 heterocycles. The third-order valence-electron chi connectivity index (χ3n) is 4.93. The highest BCUT2D eigenvalue weighted by molar-refractivity contribution is 7.89. The zero-order valence-corrected chi connectivity index (χ0v) is 19.6. The van der Waals surface area contributed by atoms with E-state index in [2.05, 4.69) is 5.32 Å². The van der Waals surface area contributed by atoms with Crippen LogP contribution in [0.25, 0.3) is 0 Å². The molecule has 0 spiro atoms. The summed E-state index contributed by atoms with van der Waals surface area (Å²) in [5, 5.41) is 2.04. The third kappa shape index (κ3) is 6.36. The van der Waals surface area contributed by atoms with E-state index in [1.165, 1.54) is 36.4 Å². The van der Waals surface area contributed by atoms with Gasteiger partial charge >= 0.3 is 6.18 Å². The molecule has 1 N–H and O–H groups in total. The molecule has 1 amide bonds. The zero-order valence-electron chi connectivity index (χ0n) is 18.0. The second kappa shape index (κ2) is 10.3. The van der Waals surface area contributed by atoms with E-state index in [1.54, 1.807) is 6.92 Å². The minimum atomic E-state index is -5.01. The van der Waals surface area contributed by atoms with Gasteiger partial charge in [0.15, 0.2) is 0 Å². The number of alkyl halides is 3. The number of benzene rings is 3. The summed E-state index contributed by atoms with van der Waals surface area (Å²) in [6.07, 6.45) is -5.01. The fourth-order valence-electron chi connectivity index (χ4n) is 3.13. The van der Waals surface area contributed by atoms with E-state index in [4.69, 9.17) is 11.6 Å². The first-order valence-corrected chi connectivity index (χ1v) is 11.8. The smallest absolute Gasteiger partial charge is 0.325 e. The summed E-state index contributed by atoms with van der Waals surface area (Å²) >= 11 is 6.03. The summed E-state index contributed by atoms with van der Waals surface area (Å²) in [6, 6.07) is 11.2. The molecule has 0 radical (unpaired) electrons. The van der Waals surface area contributed by atoms with Crippen molar-refractivity contribution in [2.24, 2.45) is 0 Å². The van der Waals surface area contributed by atoms with Crippen molar-refractivity contribution in [2.75, 3.05) is 11.9 Å². The first kappa shape index (κ1) is 26.6. The van der Waals surface area contributed by atoms with Gasteiger partial charge in [-0.3, -0.25) is 4.79 Å². The molecule has 0 saturated heterocycles. The Morgan fingerprint density at radius 3 is 2.26 bits per heavy atom. The van der Waals surface area contributed by atoms with Crippen LogP contribution in [-0.2, 0) is 27.5 Å². The molecule has 0 atom stereocenters. The Kier molecular flexibility index (Phi) is 7.83. The van der Waals surface area contributed by atoms with Crippen molar-refractivity contribution in [3.8, 4) is 0 Å². The molecule has 0 aliphatic heterocycles. The first-order valence-electron chi connectivity index (χ1n) is 9.95. The number of carbonyl (C=O) groups is 1. The van der Waals surface area contributed by atoms with E-state index in [0.29, 0.717) is 16.4 Å². The van der Waals surface area contributed by atoms with Gasteiger partial charge in [0.2, 0.25) is 15.9 Å². The van der Waals surface area contributed by atoms with Gasteiger partial charge in [-0.25, -0.2) is 17.2 Å². The van der Waals surface area contributed by atoms with Gasteiger partial charge in [0.1, 0.15) is 11.6 Å². The van der Waals surface area contributed by atoms with Crippen LogP contribution in [-0.4, -0.2) is 25.2 Å². The molecule has 0 fully saturated rings. The van der Waals surface area contributed by atoms with Crippen molar-refractivity contribution in [1.82, 2.24) is 4.31 Å². The molecular weight excluding hydrogens is 515 g/mol. The van der Waals surface area contributed by atoms with Crippen molar-refractivity contribution in [2.45, 2.75) is 24.5 Å². The summed E-state index contributed by atoms with van der Waals surface area (Å²) < 4.78 is 94.0. The molecule has 0 aromatic heterocycles. The van der Waals surface area contributed by atoms with E-state index >= 15 is 0 Å². The zero-order chi connectivity index (χ0) is 26.0. The lowest BCUT2D eigenvalue weighted by Gasteiger charge is -2.23. The predicted octanol–water partition coefficient (Wildman–Crippen LogP) is 5.78. The van der Waals surface area contributed by atoms with E-state index < -0.39 is 58.1 Å². The number of amides is 1. The average Bonchev–Trinajstić information content (AvgIpc) is 2.76. The van der Waals surface area contributed by atoms with Crippen molar-refractivity contribution in [3.63, 3.8) is 0 Å². The SMILES string of the molecule is Cc1ccc(S(=O)(=O)N(CC(=O)Nc2ccc(F)c(C(F)(F)F)c2)Cc2c(F)cccc2Cl)cc1. The van der Waals surface area contributed by atoms with Crippen LogP contribution in [0.1, 0.15) is 16.7 Å². The van der Waals surface area contributed by atoms with Gasteiger partial charge in [0, 0.05) is 22.8 Å². The first-order chi connectivity index (χ1) is 16.3. The second-order valence-corrected chi connectivity index (χ2v) is 9.87. The molecule has 3 aromatic rings. The largest absolute Gasteiger partial charge is 0.419 e. The highest BCUT2D eigenvalue weighted by atomic mass is 35.5. The molecular formula is C23H18ClF5N2O3S. The highest BCUT2D eigenvalue weighted by Gasteiger charge is 2.34. The number of anilines is 1. The number of halogens is 6. The number of sulfonamides is 1. The lowest BCUT2D eigenvalue weighted by molar-refractivity contribution is -0.140. The van der Waals surface area contributed by atoms with Gasteiger partial charge in [0.05, 0.1) is 17.0 Å². The number of hydrogen-bond donors (Lipinski definition) is 1. The number of nitrogens with one attached hydrogen (secondary N) is 1. The Morgan fingerprint density at radius 2 is 1.66 bits per heavy atom. The maximum atomic E-state index is 14.4. The van der Waals surface area contributed by atoms with Crippen LogP contribution >= 0.6 is 11.6 Å². The third-order valence-corrected chi connectivity index (χ3v) is 7.09. The van der Waals surface area contributed by atoms with E-state index in [0.717, 1.165) is 17.7 Å². The minimum absolute atomic E-state index is 0.0807. The summed E-state index contributed by atoms with van der Waals surface area (Å²) in [4.78, 5) is 12.5. The second-order valence-electron chi connectivity index (χ2n) is 7.53. The standard InChI is InChI=1S/C23H18ClF5N2O3S/c1-14-5-8-16(9-6-14)35(33,34)31(12-17-19(24)3-2-4-20(17)25)13-22(32)30-15-7-10-21(26)18(11-15)23(27,28)29/h2-11H,12-13H2,1H3,(H,30,32). The van der Waals surface area contributed by atoms with Gasteiger partial charge in [-0.2, -0.15) is 17.5 Å². The number of aryl methyl sites for hydroxylation is 1. The maximum absolute atomic E-state index is 14.4. The normalized spacial score (nSPS) is 12.1. The van der Waals surface area contributed by atoms with Crippen LogP contribution in [0.2, 0.25) is 5.02 Å². The lowest BCUT2D eigenvalue weighted by Crippen LogP contribution is -2.38. The molecule has 3 rings (SSSR count). The van der Waals surface area contributed by atoms with Gasteiger partial charge in [-0.05, 0) is 49.4 Å². The number of carbonyl (C=O) groups excluding carboxylic acids is 1. The summed E-state index contributed by atoms with van der Waals surface area (Å²) in [7, 11) is -4.37. The van der Waals surface area contributed by atoms with Gasteiger partial charge in [0.25, 0.3) is 0 Å². The quantitative estimate of drug-likeness (QED) is 0.393. The topological polar surface area (TPSA) is 66.5 Å². The van der Waals surface area contributed by atoms with E-state index in [9.17, 15) is 35.2 Å². The molecule has 3 aromatic carbocycles. The predicted molar refractivity (Wildman–Crippen MR) is 120 cm³/mol. The van der Waals surface area contributed by atoms with Gasteiger partial charge < -0.3 is 5.32 Å². The molecule has 0 bridgehead atoms. The fourth-order valence-corrected chi connectivity index (χ4v) is 4.71. The fraction of sp³-hybridized carbons (Fsp3) is 0.174. The molecule has 35 heavy (non-hydrogen) atoms. The maximum Gasteiger partial charge on any atom is 0.419 e. The Labute approximate surface area is 203 Å². The van der Waals surface area contributed by atoms with Gasteiger partial charge in [-0.15, -0.1) is 0 Å². The van der Waals surface area contributed by atoms with Crippen molar-refractivity contribution < 1.29 is 35.2 Å². The van der Waals surface area contributed by atoms with Crippen LogP contribution < -0.4 is 5.32 Å². The van der Waals surface area contributed by atoms with Crippen molar-refractivity contribution >= 4 is 33.2 Å².